The van der Waals surface area contributed by atoms with Gasteiger partial charge in [0.2, 0.25) is 5.91 Å². The fraction of sp³-hybridized carbons (Fsp3) is 0.526. The number of nitrogens with one attached hydrogen (secondary N) is 2. The standard InChI is InChI=1S/C19H28N2O5S/c1-4-13(2)16(17(22)20-15(18(23)24)10-11-27-3)21-19(25)26-12-14-8-6-5-7-9-14/h5-9,13,15-16H,4,10-12H2,1-3H3,(H,20,22)(H,21,25)(H,23,24)/t13-,15-,16-/m0/s1. The van der Waals surface area contributed by atoms with Crippen molar-refractivity contribution in [1.82, 2.24) is 10.6 Å². The molecule has 150 valence electrons. The normalized spacial score (nSPS) is 13.9. The molecule has 0 bridgehead atoms. The summed E-state index contributed by atoms with van der Waals surface area (Å²) in [5.74, 6) is -1.18. The number of ether oxygens (including phenoxy) is 1. The molecule has 0 heterocycles. The minimum absolute atomic E-state index is 0.0903. The number of thioether (sulfide) groups is 1. The van der Waals surface area contributed by atoms with Crippen LogP contribution in [0.25, 0.3) is 0 Å². The minimum atomic E-state index is -1.09. The topological polar surface area (TPSA) is 105 Å². The maximum atomic E-state index is 12.6. The second-order valence-electron chi connectivity index (χ2n) is 6.25. The molecule has 0 aliphatic heterocycles. The lowest BCUT2D eigenvalue weighted by molar-refractivity contribution is -0.142. The van der Waals surface area contributed by atoms with Crippen molar-refractivity contribution < 1.29 is 24.2 Å². The van der Waals surface area contributed by atoms with Gasteiger partial charge >= 0.3 is 12.1 Å². The number of hydrogen-bond acceptors (Lipinski definition) is 5. The molecule has 3 atom stereocenters. The molecule has 7 nitrogen and oxygen atoms in total. The summed E-state index contributed by atoms with van der Waals surface area (Å²) in [6, 6.07) is 7.35. The Morgan fingerprint density at radius 1 is 1.19 bits per heavy atom. The van der Waals surface area contributed by atoms with Crippen molar-refractivity contribution in [1.29, 1.82) is 0 Å². The van der Waals surface area contributed by atoms with Crippen molar-refractivity contribution in [3.63, 3.8) is 0 Å². The maximum Gasteiger partial charge on any atom is 0.408 e. The molecule has 0 aliphatic carbocycles. The van der Waals surface area contributed by atoms with Crippen LogP contribution in [-0.4, -0.2) is 47.2 Å². The first kappa shape index (κ1) is 22.8. The van der Waals surface area contributed by atoms with Crippen molar-refractivity contribution in [2.45, 2.75) is 45.4 Å². The van der Waals surface area contributed by atoms with Crippen LogP contribution in [0.4, 0.5) is 4.79 Å². The fourth-order valence-corrected chi connectivity index (χ4v) is 2.82. The number of aliphatic carboxylic acids is 1. The number of carboxylic acid groups (broad SMARTS) is 1. The Labute approximate surface area is 164 Å². The molecule has 0 aliphatic rings. The Morgan fingerprint density at radius 3 is 2.41 bits per heavy atom. The van der Waals surface area contributed by atoms with Crippen molar-refractivity contribution >= 4 is 29.7 Å². The second-order valence-corrected chi connectivity index (χ2v) is 7.24. The number of amides is 2. The van der Waals surface area contributed by atoms with E-state index in [4.69, 9.17) is 4.74 Å². The van der Waals surface area contributed by atoms with Gasteiger partial charge in [0.1, 0.15) is 18.7 Å². The molecule has 0 saturated carbocycles. The first-order valence-electron chi connectivity index (χ1n) is 8.88. The van der Waals surface area contributed by atoms with Gasteiger partial charge in [-0.05, 0) is 29.9 Å². The lowest BCUT2D eigenvalue weighted by Crippen LogP contribution is -2.54. The van der Waals surface area contributed by atoms with Crippen LogP contribution in [0.3, 0.4) is 0 Å². The number of carbonyl (C=O) groups is 3. The van der Waals surface area contributed by atoms with Gasteiger partial charge < -0.3 is 20.5 Å². The van der Waals surface area contributed by atoms with Gasteiger partial charge in [0.25, 0.3) is 0 Å². The quantitative estimate of drug-likeness (QED) is 0.531. The number of carbonyl (C=O) groups excluding carboxylic acids is 2. The molecule has 8 heteroatoms. The number of benzene rings is 1. The lowest BCUT2D eigenvalue weighted by Gasteiger charge is -2.25. The summed E-state index contributed by atoms with van der Waals surface area (Å²) in [7, 11) is 0. The number of rotatable bonds is 11. The highest BCUT2D eigenvalue weighted by Crippen LogP contribution is 2.10. The van der Waals surface area contributed by atoms with Crippen molar-refractivity contribution in [2.75, 3.05) is 12.0 Å². The Bertz CT molecular complexity index is 611. The molecule has 27 heavy (non-hydrogen) atoms. The van der Waals surface area contributed by atoms with Crippen molar-refractivity contribution in [2.24, 2.45) is 5.92 Å². The van der Waals surface area contributed by atoms with Gasteiger partial charge in [-0.2, -0.15) is 11.8 Å². The van der Waals surface area contributed by atoms with Gasteiger partial charge in [-0.25, -0.2) is 9.59 Å². The number of carboxylic acids is 1. The van der Waals surface area contributed by atoms with E-state index in [1.54, 1.807) is 0 Å². The zero-order valence-electron chi connectivity index (χ0n) is 15.9. The van der Waals surface area contributed by atoms with E-state index >= 15 is 0 Å². The summed E-state index contributed by atoms with van der Waals surface area (Å²) in [6.07, 6.45) is 2.11. The van der Waals surface area contributed by atoms with E-state index in [1.807, 2.05) is 50.4 Å². The van der Waals surface area contributed by atoms with Gasteiger partial charge in [0.05, 0.1) is 0 Å². The molecule has 1 aromatic rings. The van der Waals surface area contributed by atoms with Gasteiger partial charge in [0.15, 0.2) is 0 Å². The molecule has 1 rings (SSSR count). The molecule has 0 aromatic heterocycles. The number of hydrogen-bond donors (Lipinski definition) is 3. The third-order valence-corrected chi connectivity index (χ3v) is 4.85. The van der Waals surface area contributed by atoms with Crippen LogP contribution in [0.1, 0.15) is 32.3 Å². The van der Waals surface area contributed by atoms with E-state index in [0.717, 1.165) is 5.56 Å². The van der Waals surface area contributed by atoms with Gasteiger partial charge in [-0.3, -0.25) is 4.79 Å². The molecule has 2 amide bonds. The first-order chi connectivity index (χ1) is 12.9. The summed E-state index contributed by atoms with van der Waals surface area (Å²) >= 11 is 1.50. The SMILES string of the molecule is CC[C@H](C)[C@H](NC(=O)OCc1ccccc1)C(=O)N[C@@H](CCSC)C(=O)O. The first-order valence-corrected chi connectivity index (χ1v) is 10.3. The minimum Gasteiger partial charge on any atom is -0.480 e. The summed E-state index contributed by atoms with van der Waals surface area (Å²) < 4.78 is 5.17. The average molecular weight is 397 g/mol. The molecular formula is C19H28N2O5S. The van der Waals surface area contributed by atoms with Crippen LogP contribution in [0.2, 0.25) is 0 Å². The monoisotopic (exact) mass is 396 g/mol. The molecule has 0 saturated heterocycles. The van der Waals surface area contributed by atoms with Gasteiger partial charge in [-0.1, -0.05) is 50.6 Å². The zero-order valence-corrected chi connectivity index (χ0v) is 16.8. The molecule has 3 N–H and O–H groups in total. The predicted octanol–water partition coefficient (Wildman–Crippen LogP) is 2.65. The highest BCUT2D eigenvalue weighted by molar-refractivity contribution is 7.98. The second kappa shape index (κ2) is 12.2. The third kappa shape index (κ3) is 8.34. The smallest absolute Gasteiger partial charge is 0.408 e. The van der Waals surface area contributed by atoms with E-state index in [1.165, 1.54) is 11.8 Å². The molecule has 0 spiro atoms. The van der Waals surface area contributed by atoms with E-state index in [0.29, 0.717) is 18.6 Å². The van der Waals surface area contributed by atoms with Crippen LogP contribution < -0.4 is 10.6 Å². The molecule has 1 aromatic carbocycles. The molecule has 0 radical (unpaired) electrons. The van der Waals surface area contributed by atoms with E-state index in [-0.39, 0.29) is 12.5 Å². The molecular weight excluding hydrogens is 368 g/mol. The summed E-state index contributed by atoms with van der Waals surface area (Å²) in [6.45, 7) is 3.80. The van der Waals surface area contributed by atoms with E-state index in [9.17, 15) is 19.5 Å². The number of alkyl carbamates (subject to hydrolysis) is 1. The van der Waals surface area contributed by atoms with Crippen molar-refractivity contribution in [3.8, 4) is 0 Å². The Morgan fingerprint density at radius 2 is 1.85 bits per heavy atom. The van der Waals surface area contributed by atoms with Crippen LogP contribution in [0.15, 0.2) is 30.3 Å². The van der Waals surface area contributed by atoms with E-state index < -0.39 is 30.1 Å². The van der Waals surface area contributed by atoms with Crippen LogP contribution in [-0.2, 0) is 20.9 Å². The summed E-state index contributed by atoms with van der Waals surface area (Å²) in [5.41, 5.74) is 0.834. The average Bonchev–Trinajstić information content (AvgIpc) is 2.67. The Kier molecular flexibility index (Phi) is 10.3. The maximum absolute atomic E-state index is 12.6. The largest absolute Gasteiger partial charge is 0.480 e. The summed E-state index contributed by atoms with van der Waals surface area (Å²) in [4.78, 5) is 36.0. The van der Waals surface area contributed by atoms with Gasteiger partial charge in [-0.15, -0.1) is 0 Å². The highest BCUT2D eigenvalue weighted by Gasteiger charge is 2.30. The fourth-order valence-electron chi connectivity index (χ4n) is 2.35. The third-order valence-electron chi connectivity index (χ3n) is 4.21. The summed E-state index contributed by atoms with van der Waals surface area (Å²) in [5, 5.41) is 14.4. The Hall–Kier alpha value is -2.22. The van der Waals surface area contributed by atoms with Crippen LogP contribution >= 0.6 is 11.8 Å². The van der Waals surface area contributed by atoms with Crippen LogP contribution in [0, 0.1) is 5.92 Å². The zero-order chi connectivity index (χ0) is 20.2. The molecule has 0 unspecified atom stereocenters. The highest BCUT2D eigenvalue weighted by atomic mass is 32.2. The lowest BCUT2D eigenvalue weighted by atomic mass is 9.98. The van der Waals surface area contributed by atoms with Crippen LogP contribution in [0.5, 0.6) is 0 Å². The Balaban J connectivity index is 2.68. The van der Waals surface area contributed by atoms with Crippen molar-refractivity contribution in [3.05, 3.63) is 35.9 Å². The molecule has 0 fully saturated rings. The predicted molar refractivity (Wildman–Crippen MR) is 106 cm³/mol. The van der Waals surface area contributed by atoms with E-state index in [2.05, 4.69) is 10.6 Å². The van der Waals surface area contributed by atoms with Gasteiger partial charge in [0, 0.05) is 0 Å².